The number of carboxylic acids is 1. The van der Waals surface area contributed by atoms with Crippen LogP contribution in [-0.2, 0) is 16.8 Å². The van der Waals surface area contributed by atoms with E-state index in [9.17, 15) is 9.90 Å². The Morgan fingerprint density at radius 2 is 1.79 bits per heavy atom. The molecule has 5 nitrogen and oxygen atoms in total. The highest BCUT2D eigenvalue weighted by Gasteiger charge is 2.33. The van der Waals surface area contributed by atoms with Crippen molar-refractivity contribution in [1.82, 2.24) is 9.55 Å². The number of carbonyl (C=O) groups is 1. The van der Waals surface area contributed by atoms with Gasteiger partial charge in [-0.05, 0) is 38.1 Å². The zero-order valence-corrected chi connectivity index (χ0v) is 13.8. The highest BCUT2D eigenvalue weighted by molar-refractivity contribution is 5.82. The number of aliphatic carboxylic acids is 1. The number of rotatable bonds is 6. The van der Waals surface area contributed by atoms with Crippen LogP contribution in [0.2, 0.25) is 0 Å². The summed E-state index contributed by atoms with van der Waals surface area (Å²) in [5.74, 6) is 0.605. The SMILES string of the molecule is CC(C)(C(=O)O)n1c(CCOc2ccccc2)nc2ccccc21. The molecule has 24 heavy (non-hydrogen) atoms. The highest BCUT2D eigenvalue weighted by atomic mass is 16.5. The third-order valence-electron chi connectivity index (χ3n) is 4.05. The molecule has 124 valence electrons. The molecule has 0 fully saturated rings. The summed E-state index contributed by atoms with van der Waals surface area (Å²) < 4.78 is 7.52. The second-order valence-corrected chi connectivity index (χ2v) is 6.13. The molecular formula is C19H20N2O3. The summed E-state index contributed by atoms with van der Waals surface area (Å²) in [6.07, 6.45) is 0.528. The lowest BCUT2D eigenvalue weighted by Crippen LogP contribution is -2.37. The largest absolute Gasteiger partial charge is 0.493 e. The Balaban J connectivity index is 1.91. The molecule has 0 radical (unpaired) electrons. The van der Waals surface area contributed by atoms with Crippen LogP contribution < -0.4 is 4.74 Å². The molecule has 0 unspecified atom stereocenters. The fourth-order valence-electron chi connectivity index (χ4n) is 2.74. The van der Waals surface area contributed by atoms with Gasteiger partial charge in [-0.2, -0.15) is 0 Å². The Morgan fingerprint density at radius 1 is 1.12 bits per heavy atom. The Bertz CT molecular complexity index is 853. The van der Waals surface area contributed by atoms with Gasteiger partial charge in [0.25, 0.3) is 0 Å². The van der Waals surface area contributed by atoms with Gasteiger partial charge in [-0.3, -0.25) is 0 Å². The van der Waals surface area contributed by atoms with Crippen LogP contribution in [0, 0.1) is 0 Å². The van der Waals surface area contributed by atoms with E-state index in [0.717, 1.165) is 16.8 Å². The van der Waals surface area contributed by atoms with Crippen LogP contribution in [0.15, 0.2) is 54.6 Å². The summed E-state index contributed by atoms with van der Waals surface area (Å²) in [5, 5.41) is 9.62. The zero-order chi connectivity index (χ0) is 17.2. The van der Waals surface area contributed by atoms with E-state index in [1.54, 1.807) is 18.4 Å². The Morgan fingerprint density at radius 3 is 2.50 bits per heavy atom. The topological polar surface area (TPSA) is 64.3 Å². The molecule has 5 heteroatoms. The first-order chi connectivity index (χ1) is 11.5. The zero-order valence-electron chi connectivity index (χ0n) is 13.8. The predicted molar refractivity (Wildman–Crippen MR) is 92.3 cm³/mol. The number of benzene rings is 2. The fraction of sp³-hybridized carbons (Fsp3) is 0.263. The van der Waals surface area contributed by atoms with Gasteiger partial charge in [0.15, 0.2) is 0 Å². The minimum Gasteiger partial charge on any atom is -0.493 e. The van der Waals surface area contributed by atoms with Crippen LogP contribution >= 0.6 is 0 Å². The van der Waals surface area contributed by atoms with Crippen LogP contribution in [0.5, 0.6) is 5.75 Å². The Hall–Kier alpha value is -2.82. The third kappa shape index (κ3) is 2.97. The van der Waals surface area contributed by atoms with Crippen LogP contribution in [0.3, 0.4) is 0 Å². The van der Waals surface area contributed by atoms with E-state index in [1.165, 1.54) is 0 Å². The van der Waals surface area contributed by atoms with E-state index >= 15 is 0 Å². The molecule has 0 saturated carbocycles. The van der Waals surface area contributed by atoms with Gasteiger partial charge in [0.2, 0.25) is 0 Å². The van der Waals surface area contributed by atoms with Gasteiger partial charge in [0, 0.05) is 6.42 Å². The molecule has 0 amide bonds. The van der Waals surface area contributed by atoms with Crippen molar-refractivity contribution in [3.05, 3.63) is 60.4 Å². The van der Waals surface area contributed by atoms with E-state index in [-0.39, 0.29) is 0 Å². The van der Waals surface area contributed by atoms with Gasteiger partial charge in [-0.1, -0.05) is 30.3 Å². The minimum absolute atomic E-state index is 0.434. The van der Waals surface area contributed by atoms with Crippen LogP contribution in [0.4, 0.5) is 0 Å². The maximum absolute atomic E-state index is 11.7. The summed E-state index contributed by atoms with van der Waals surface area (Å²) in [5.41, 5.74) is 0.527. The lowest BCUT2D eigenvalue weighted by atomic mass is 10.0. The molecule has 0 spiro atoms. The van der Waals surface area contributed by atoms with Gasteiger partial charge >= 0.3 is 5.97 Å². The molecule has 0 saturated heterocycles. The Kier molecular flexibility index (Phi) is 4.25. The molecule has 3 rings (SSSR count). The average molecular weight is 324 g/mol. The van der Waals surface area contributed by atoms with E-state index in [0.29, 0.717) is 18.9 Å². The van der Waals surface area contributed by atoms with Crippen LogP contribution in [0.25, 0.3) is 11.0 Å². The number of aromatic nitrogens is 2. The fourth-order valence-corrected chi connectivity index (χ4v) is 2.74. The van der Waals surface area contributed by atoms with Gasteiger partial charge in [-0.25, -0.2) is 9.78 Å². The molecular weight excluding hydrogens is 304 g/mol. The Labute approximate surface area is 140 Å². The highest BCUT2D eigenvalue weighted by Crippen LogP contribution is 2.26. The normalized spacial score (nSPS) is 11.6. The second kappa shape index (κ2) is 6.35. The van der Waals surface area contributed by atoms with Crippen molar-refractivity contribution in [2.24, 2.45) is 0 Å². The van der Waals surface area contributed by atoms with E-state index < -0.39 is 11.5 Å². The molecule has 0 atom stereocenters. The lowest BCUT2D eigenvalue weighted by Gasteiger charge is -2.24. The van der Waals surface area contributed by atoms with E-state index in [1.807, 2.05) is 54.6 Å². The molecule has 3 aromatic rings. The first-order valence-electron chi connectivity index (χ1n) is 7.88. The van der Waals surface area contributed by atoms with Crippen molar-refractivity contribution < 1.29 is 14.6 Å². The van der Waals surface area contributed by atoms with Gasteiger partial charge < -0.3 is 14.4 Å². The van der Waals surface area contributed by atoms with Crippen molar-refractivity contribution in [2.75, 3.05) is 6.61 Å². The van der Waals surface area contributed by atoms with E-state index in [4.69, 9.17) is 4.74 Å². The third-order valence-corrected chi connectivity index (χ3v) is 4.05. The number of ether oxygens (including phenoxy) is 1. The maximum atomic E-state index is 11.7. The monoisotopic (exact) mass is 324 g/mol. The number of imidazole rings is 1. The molecule has 0 bridgehead atoms. The van der Waals surface area contributed by atoms with Gasteiger partial charge in [-0.15, -0.1) is 0 Å². The van der Waals surface area contributed by atoms with Crippen molar-refractivity contribution in [3.63, 3.8) is 0 Å². The number of fused-ring (bicyclic) bond motifs is 1. The molecule has 0 aliphatic heterocycles. The first-order valence-corrected chi connectivity index (χ1v) is 7.88. The number of carboxylic acid groups (broad SMARTS) is 1. The van der Waals surface area contributed by atoms with Crippen LogP contribution in [-0.4, -0.2) is 27.2 Å². The summed E-state index contributed by atoms with van der Waals surface area (Å²) in [7, 11) is 0. The van der Waals surface area contributed by atoms with Crippen molar-refractivity contribution in [2.45, 2.75) is 25.8 Å². The summed E-state index contributed by atoms with van der Waals surface area (Å²) in [6, 6.07) is 17.1. The second-order valence-electron chi connectivity index (χ2n) is 6.13. The molecule has 2 aromatic carbocycles. The summed E-state index contributed by atoms with van der Waals surface area (Å²) >= 11 is 0. The molecule has 1 heterocycles. The maximum Gasteiger partial charge on any atom is 0.329 e. The van der Waals surface area contributed by atoms with Crippen LogP contribution in [0.1, 0.15) is 19.7 Å². The van der Waals surface area contributed by atoms with Crippen molar-refractivity contribution in [1.29, 1.82) is 0 Å². The number of hydrogen-bond acceptors (Lipinski definition) is 3. The summed E-state index contributed by atoms with van der Waals surface area (Å²) in [4.78, 5) is 16.3. The quantitative estimate of drug-likeness (QED) is 0.754. The predicted octanol–water partition coefficient (Wildman–Crippen LogP) is 3.48. The lowest BCUT2D eigenvalue weighted by molar-refractivity contribution is -0.145. The van der Waals surface area contributed by atoms with Gasteiger partial charge in [0.05, 0.1) is 17.6 Å². The molecule has 1 aromatic heterocycles. The standard InChI is InChI=1S/C19H20N2O3/c1-19(2,18(22)23)21-16-11-7-6-10-15(16)20-17(21)12-13-24-14-8-4-3-5-9-14/h3-11H,12-13H2,1-2H3,(H,22,23). The molecule has 1 N–H and O–H groups in total. The van der Waals surface area contributed by atoms with Crippen molar-refractivity contribution >= 4 is 17.0 Å². The number of para-hydroxylation sites is 3. The minimum atomic E-state index is -1.09. The number of nitrogens with zero attached hydrogens (tertiary/aromatic N) is 2. The smallest absolute Gasteiger partial charge is 0.329 e. The van der Waals surface area contributed by atoms with Crippen molar-refractivity contribution in [3.8, 4) is 5.75 Å². The summed E-state index contributed by atoms with van der Waals surface area (Å²) in [6.45, 7) is 3.80. The van der Waals surface area contributed by atoms with E-state index in [2.05, 4.69) is 4.98 Å². The average Bonchev–Trinajstić information content (AvgIpc) is 2.94. The van der Waals surface area contributed by atoms with Gasteiger partial charge in [0.1, 0.15) is 17.1 Å². The molecule has 0 aliphatic rings. The molecule has 0 aliphatic carbocycles. The first kappa shape index (κ1) is 16.1. The number of hydrogen-bond donors (Lipinski definition) is 1.